The van der Waals surface area contributed by atoms with Crippen molar-refractivity contribution in [3.05, 3.63) is 40.7 Å². The third-order valence-corrected chi connectivity index (χ3v) is 6.71. The smallest absolute Gasteiger partial charge is 0.191 e. The Kier molecular flexibility index (Phi) is 6.39. The molecule has 2 N–H and O–H groups in total. The van der Waals surface area contributed by atoms with E-state index in [0.29, 0.717) is 19.8 Å². The van der Waals surface area contributed by atoms with Gasteiger partial charge in [-0.15, -0.1) is 0 Å². The fourth-order valence-corrected chi connectivity index (χ4v) is 4.79. The number of aromatic nitrogens is 2. The largest absolute Gasteiger partial charge is 0.486 e. The minimum absolute atomic E-state index is 0.0894. The van der Waals surface area contributed by atoms with Crippen molar-refractivity contribution in [2.75, 3.05) is 26.3 Å². The third-order valence-electron chi connectivity index (χ3n) is 6.71. The van der Waals surface area contributed by atoms with E-state index in [9.17, 15) is 0 Å². The quantitative estimate of drug-likeness (QED) is 0.548. The number of nitrogens with one attached hydrogen (secondary N) is 2. The number of fused-ring (bicyclic) bond motifs is 1. The van der Waals surface area contributed by atoms with Crippen molar-refractivity contribution in [1.82, 2.24) is 20.4 Å². The Morgan fingerprint density at radius 3 is 2.55 bits per heavy atom. The Balaban J connectivity index is 1.51. The van der Waals surface area contributed by atoms with Crippen LogP contribution < -0.4 is 20.1 Å². The normalized spacial score (nSPS) is 17.6. The molecule has 0 atom stereocenters. The lowest BCUT2D eigenvalue weighted by molar-refractivity contribution is 0.171. The lowest BCUT2D eigenvalue weighted by Gasteiger charge is -2.32. The summed E-state index contributed by atoms with van der Waals surface area (Å²) in [6, 6.07) is 6.47. The van der Waals surface area contributed by atoms with Crippen LogP contribution in [0.1, 0.15) is 55.1 Å². The Morgan fingerprint density at radius 1 is 1.13 bits per heavy atom. The zero-order chi connectivity index (χ0) is 21.8. The Labute approximate surface area is 185 Å². The van der Waals surface area contributed by atoms with Crippen LogP contribution in [0, 0.1) is 13.8 Å². The van der Waals surface area contributed by atoms with Crippen LogP contribution in [0.5, 0.6) is 11.5 Å². The average molecular weight is 426 g/mol. The minimum atomic E-state index is 0.0894. The molecule has 0 amide bonds. The summed E-state index contributed by atoms with van der Waals surface area (Å²) in [6.45, 7) is 9.79. The van der Waals surface area contributed by atoms with Gasteiger partial charge in [-0.3, -0.25) is 4.68 Å². The van der Waals surface area contributed by atoms with Gasteiger partial charge in [0.25, 0.3) is 0 Å². The second-order valence-corrected chi connectivity index (χ2v) is 8.67. The zero-order valence-corrected chi connectivity index (χ0v) is 19.3. The number of aliphatic imine (C=N–C) groups is 1. The molecule has 1 aromatic heterocycles. The van der Waals surface area contributed by atoms with Gasteiger partial charge >= 0.3 is 0 Å². The van der Waals surface area contributed by atoms with Crippen molar-refractivity contribution < 1.29 is 9.47 Å². The maximum absolute atomic E-state index is 5.86. The lowest BCUT2D eigenvalue weighted by Crippen LogP contribution is -2.44. The zero-order valence-electron chi connectivity index (χ0n) is 19.3. The van der Waals surface area contributed by atoms with Gasteiger partial charge in [0.05, 0.1) is 12.2 Å². The number of ether oxygens (including phenoxy) is 2. The molecule has 7 nitrogen and oxygen atoms in total. The number of aryl methyl sites for hydroxylation is 2. The summed E-state index contributed by atoms with van der Waals surface area (Å²) in [4.78, 5) is 4.87. The number of guanidine groups is 1. The Bertz CT molecular complexity index is 944. The minimum Gasteiger partial charge on any atom is -0.486 e. The monoisotopic (exact) mass is 425 g/mol. The third kappa shape index (κ3) is 4.50. The molecule has 0 radical (unpaired) electrons. The summed E-state index contributed by atoms with van der Waals surface area (Å²) in [7, 11) is 1.98. The van der Waals surface area contributed by atoms with Crippen molar-refractivity contribution >= 4 is 5.96 Å². The van der Waals surface area contributed by atoms with E-state index < -0.39 is 0 Å². The van der Waals surface area contributed by atoms with Crippen LogP contribution in [0.4, 0.5) is 0 Å². The molecule has 1 saturated carbocycles. The summed E-state index contributed by atoms with van der Waals surface area (Å²) in [6.07, 6.45) is 4.83. The van der Waals surface area contributed by atoms with Gasteiger partial charge in [-0.2, -0.15) is 5.10 Å². The topological polar surface area (TPSA) is 72.7 Å². The highest BCUT2D eigenvalue weighted by Crippen LogP contribution is 2.43. The number of hydrogen-bond donors (Lipinski definition) is 2. The lowest BCUT2D eigenvalue weighted by atomic mass is 9.78. The highest BCUT2D eigenvalue weighted by molar-refractivity contribution is 5.80. The van der Waals surface area contributed by atoms with Gasteiger partial charge in [0.15, 0.2) is 17.5 Å². The molecule has 2 aromatic rings. The number of nitrogens with zero attached hydrogens (tertiary/aromatic N) is 3. The molecule has 168 valence electrons. The number of hydrogen-bond acceptors (Lipinski definition) is 4. The van der Waals surface area contributed by atoms with E-state index in [0.717, 1.165) is 36.2 Å². The van der Waals surface area contributed by atoms with Crippen molar-refractivity contribution in [2.45, 2.75) is 58.4 Å². The first-order chi connectivity index (χ1) is 15.0. The molecule has 1 aliphatic carbocycles. The highest BCUT2D eigenvalue weighted by atomic mass is 16.6. The van der Waals surface area contributed by atoms with Gasteiger partial charge < -0.3 is 20.1 Å². The van der Waals surface area contributed by atoms with E-state index in [1.165, 1.54) is 42.5 Å². The number of benzene rings is 1. The summed E-state index contributed by atoms with van der Waals surface area (Å²) < 4.78 is 13.5. The van der Waals surface area contributed by atoms with Crippen LogP contribution in [-0.4, -0.2) is 42.0 Å². The molecule has 0 spiro atoms. The maximum atomic E-state index is 5.86. The van der Waals surface area contributed by atoms with Crippen molar-refractivity contribution in [1.29, 1.82) is 0 Å². The molecule has 0 unspecified atom stereocenters. The van der Waals surface area contributed by atoms with Crippen LogP contribution in [0.25, 0.3) is 0 Å². The van der Waals surface area contributed by atoms with Crippen LogP contribution in [0.3, 0.4) is 0 Å². The van der Waals surface area contributed by atoms with Crippen LogP contribution in [0.15, 0.2) is 23.2 Å². The fraction of sp³-hybridized carbons (Fsp3) is 0.583. The molecule has 2 aliphatic rings. The molecule has 31 heavy (non-hydrogen) atoms. The van der Waals surface area contributed by atoms with Gasteiger partial charge in [0.2, 0.25) is 0 Å². The SMILES string of the molecule is CCNC(=NCc1c(C)nn(C)c1C)NCC1(c2ccc3c(c2)OCCO3)CCCC1. The Morgan fingerprint density at radius 2 is 1.87 bits per heavy atom. The van der Waals surface area contributed by atoms with Gasteiger partial charge in [0.1, 0.15) is 13.2 Å². The van der Waals surface area contributed by atoms with Crippen molar-refractivity contribution in [3.63, 3.8) is 0 Å². The van der Waals surface area contributed by atoms with Crippen LogP contribution in [0.2, 0.25) is 0 Å². The van der Waals surface area contributed by atoms with Crippen LogP contribution >= 0.6 is 0 Å². The van der Waals surface area contributed by atoms with Gasteiger partial charge in [-0.25, -0.2) is 4.99 Å². The summed E-state index contributed by atoms with van der Waals surface area (Å²) >= 11 is 0. The standard InChI is InChI=1S/C24H35N5O2/c1-5-25-23(26-15-20-17(2)28-29(4)18(20)3)27-16-24(10-6-7-11-24)19-8-9-21-22(14-19)31-13-12-30-21/h8-9,14H,5-7,10-13,15-16H2,1-4H3,(H2,25,26,27). The van der Waals surface area contributed by atoms with Gasteiger partial charge in [-0.05, 0) is 51.3 Å². The van der Waals surface area contributed by atoms with Crippen molar-refractivity contribution in [2.24, 2.45) is 12.0 Å². The van der Waals surface area contributed by atoms with Crippen LogP contribution in [-0.2, 0) is 19.0 Å². The van der Waals surface area contributed by atoms with E-state index in [1.807, 2.05) is 18.7 Å². The molecule has 7 heteroatoms. The van der Waals surface area contributed by atoms with E-state index in [-0.39, 0.29) is 5.41 Å². The predicted molar refractivity (Wildman–Crippen MR) is 123 cm³/mol. The van der Waals surface area contributed by atoms with Gasteiger partial charge in [-0.1, -0.05) is 18.9 Å². The summed E-state index contributed by atoms with van der Waals surface area (Å²) in [5.41, 5.74) is 4.83. The highest BCUT2D eigenvalue weighted by Gasteiger charge is 2.36. The maximum Gasteiger partial charge on any atom is 0.191 e. The first kappa shape index (κ1) is 21.5. The molecular formula is C24H35N5O2. The molecule has 4 rings (SSSR count). The fourth-order valence-electron chi connectivity index (χ4n) is 4.79. The first-order valence-corrected chi connectivity index (χ1v) is 11.4. The summed E-state index contributed by atoms with van der Waals surface area (Å²) in [5, 5.41) is 11.6. The molecule has 2 heterocycles. The molecular weight excluding hydrogens is 390 g/mol. The predicted octanol–water partition coefficient (Wildman–Crippen LogP) is 3.38. The van der Waals surface area contributed by atoms with Crippen molar-refractivity contribution in [3.8, 4) is 11.5 Å². The molecule has 1 aliphatic heterocycles. The molecule has 1 fully saturated rings. The van der Waals surface area contributed by atoms with E-state index >= 15 is 0 Å². The van der Waals surface area contributed by atoms with E-state index in [4.69, 9.17) is 14.5 Å². The van der Waals surface area contributed by atoms with E-state index in [1.54, 1.807) is 0 Å². The Hall–Kier alpha value is -2.70. The molecule has 0 saturated heterocycles. The second-order valence-electron chi connectivity index (χ2n) is 8.67. The number of rotatable bonds is 6. The molecule has 1 aromatic carbocycles. The summed E-state index contributed by atoms with van der Waals surface area (Å²) in [5.74, 6) is 2.58. The van der Waals surface area contributed by atoms with E-state index in [2.05, 4.69) is 47.8 Å². The first-order valence-electron chi connectivity index (χ1n) is 11.4. The second kappa shape index (κ2) is 9.20. The average Bonchev–Trinajstić information content (AvgIpc) is 3.35. The molecule has 0 bridgehead atoms. The van der Waals surface area contributed by atoms with Gasteiger partial charge in [0, 0.05) is 36.8 Å².